The Bertz CT molecular complexity index is 794. The van der Waals surface area contributed by atoms with Gasteiger partial charge >= 0.3 is 6.09 Å². The Morgan fingerprint density at radius 1 is 1.18 bits per heavy atom. The van der Waals surface area contributed by atoms with Crippen LogP contribution in [0.3, 0.4) is 0 Å². The number of ether oxygens (including phenoxy) is 1. The maximum atomic E-state index is 12.6. The molecule has 0 saturated heterocycles. The molecule has 1 unspecified atom stereocenters. The third-order valence-electron chi connectivity index (χ3n) is 3.95. The van der Waals surface area contributed by atoms with E-state index in [4.69, 9.17) is 4.74 Å². The molecule has 7 nitrogen and oxygen atoms in total. The third-order valence-corrected chi connectivity index (χ3v) is 3.95. The quantitative estimate of drug-likeness (QED) is 0.833. The minimum atomic E-state index is -0.855. The summed E-state index contributed by atoms with van der Waals surface area (Å²) in [5.41, 5.74) is 1.15. The number of allylic oxidation sites excluding steroid dienone is 2. The third kappa shape index (κ3) is 5.97. The van der Waals surface area contributed by atoms with Gasteiger partial charge in [-0.1, -0.05) is 42.5 Å². The molecule has 7 heteroatoms. The molecule has 2 rings (SSSR count). The van der Waals surface area contributed by atoms with Gasteiger partial charge in [-0.15, -0.1) is 0 Å². The zero-order chi connectivity index (χ0) is 20.9. The summed E-state index contributed by atoms with van der Waals surface area (Å²) in [5.74, 6) is -0.759. The topological polar surface area (TPSA) is 87.7 Å². The molecule has 0 aromatic heterocycles. The summed E-state index contributed by atoms with van der Waals surface area (Å²) in [5, 5.41) is 5.13. The minimum Gasteiger partial charge on any atom is -0.444 e. The van der Waals surface area contributed by atoms with Gasteiger partial charge in [0.15, 0.2) is 0 Å². The van der Waals surface area contributed by atoms with Crippen molar-refractivity contribution in [1.29, 1.82) is 0 Å². The largest absolute Gasteiger partial charge is 0.444 e. The lowest BCUT2D eigenvalue weighted by Crippen LogP contribution is -2.52. The van der Waals surface area contributed by atoms with Crippen molar-refractivity contribution >= 4 is 23.5 Å². The van der Waals surface area contributed by atoms with E-state index in [1.807, 2.05) is 30.3 Å². The monoisotopic (exact) mass is 385 g/mol. The average molecular weight is 385 g/mol. The Morgan fingerprint density at radius 3 is 2.43 bits per heavy atom. The lowest BCUT2D eigenvalue weighted by molar-refractivity contribution is -0.132. The summed E-state index contributed by atoms with van der Waals surface area (Å²) < 4.78 is 5.14. The standard InChI is InChI=1S/C21H27N3O4/c1-14(22-20(27)28-21(2,3)4)18(25)23-17-12-11-16(13-24(5)19(17)26)15-9-7-6-8-10-15/h6-14,17H,1-5H3,(H,22,27)(H,23,25)/t14-,17?/m0/s1. The number of rotatable bonds is 4. The van der Waals surface area contributed by atoms with E-state index in [2.05, 4.69) is 10.6 Å². The number of amides is 3. The smallest absolute Gasteiger partial charge is 0.408 e. The van der Waals surface area contributed by atoms with Gasteiger partial charge in [0.25, 0.3) is 5.91 Å². The predicted molar refractivity (Wildman–Crippen MR) is 107 cm³/mol. The Morgan fingerprint density at radius 2 is 1.82 bits per heavy atom. The highest BCUT2D eigenvalue weighted by atomic mass is 16.6. The van der Waals surface area contributed by atoms with E-state index in [9.17, 15) is 14.4 Å². The number of nitrogens with zero attached hydrogens (tertiary/aromatic N) is 1. The Labute approximate surface area is 165 Å². The summed E-state index contributed by atoms with van der Waals surface area (Å²) in [6.45, 7) is 6.74. The molecule has 1 aliphatic rings. The first-order valence-electron chi connectivity index (χ1n) is 9.09. The van der Waals surface area contributed by atoms with Crippen molar-refractivity contribution in [2.75, 3.05) is 7.05 Å². The lowest BCUT2D eigenvalue weighted by atomic mass is 10.1. The van der Waals surface area contributed by atoms with Crippen molar-refractivity contribution in [2.45, 2.75) is 45.4 Å². The maximum absolute atomic E-state index is 12.6. The Kier molecular flexibility index (Phi) is 6.62. The van der Waals surface area contributed by atoms with Crippen LogP contribution < -0.4 is 10.6 Å². The second-order valence-corrected chi connectivity index (χ2v) is 7.61. The van der Waals surface area contributed by atoms with Gasteiger partial charge in [0.1, 0.15) is 17.7 Å². The molecule has 0 bridgehead atoms. The predicted octanol–water partition coefficient (Wildman–Crippen LogP) is 2.45. The molecule has 3 amide bonds. The first-order valence-corrected chi connectivity index (χ1v) is 9.09. The molecular weight excluding hydrogens is 358 g/mol. The van der Waals surface area contributed by atoms with Crippen LogP contribution in [0.4, 0.5) is 4.79 Å². The average Bonchev–Trinajstić information content (AvgIpc) is 2.74. The second kappa shape index (κ2) is 8.73. The molecular formula is C21H27N3O4. The Balaban J connectivity index is 2.04. The normalized spacial score (nSPS) is 18.0. The zero-order valence-corrected chi connectivity index (χ0v) is 16.9. The van der Waals surface area contributed by atoms with Gasteiger partial charge in [0.05, 0.1) is 0 Å². The number of likely N-dealkylation sites (N-methyl/N-ethyl adjacent to an activating group) is 1. The van der Waals surface area contributed by atoms with Crippen molar-refractivity contribution in [2.24, 2.45) is 0 Å². The molecule has 0 aliphatic carbocycles. The summed E-state index contributed by atoms with van der Waals surface area (Å²) in [6, 6.07) is 7.95. The fourth-order valence-corrected chi connectivity index (χ4v) is 2.56. The van der Waals surface area contributed by atoms with Crippen molar-refractivity contribution in [3.63, 3.8) is 0 Å². The minimum absolute atomic E-state index is 0.278. The van der Waals surface area contributed by atoms with Crippen LogP contribution in [-0.4, -0.2) is 47.5 Å². The van der Waals surface area contributed by atoms with E-state index in [1.54, 1.807) is 46.2 Å². The first kappa shape index (κ1) is 21.2. The second-order valence-electron chi connectivity index (χ2n) is 7.61. The molecule has 0 spiro atoms. The molecule has 1 aromatic carbocycles. The van der Waals surface area contributed by atoms with E-state index in [0.717, 1.165) is 11.1 Å². The number of hydrogen-bond acceptors (Lipinski definition) is 4. The number of alkyl carbamates (subject to hydrolysis) is 1. The highest BCUT2D eigenvalue weighted by Gasteiger charge is 2.27. The molecule has 1 heterocycles. The van der Waals surface area contributed by atoms with Crippen LogP contribution in [0.1, 0.15) is 33.3 Å². The fraction of sp³-hybridized carbons (Fsp3) is 0.381. The van der Waals surface area contributed by atoms with Gasteiger partial charge in [-0.2, -0.15) is 0 Å². The number of benzene rings is 1. The summed E-state index contributed by atoms with van der Waals surface area (Å²) in [7, 11) is 1.64. The van der Waals surface area contributed by atoms with E-state index in [1.165, 1.54) is 11.8 Å². The number of hydrogen-bond donors (Lipinski definition) is 2. The highest BCUT2D eigenvalue weighted by molar-refractivity contribution is 5.94. The molecule has 2 N–H and O–H groups in total. The highest BCUT2D eigenvalue weighted by Crippen LogP contribution is 2.19. The van der Waals surface area contributed by atoms with Gasteiger partial charge in [-0.25, -0.2) is 4.79 Å². The molecule has 2 atom stereocenters. The molecule has 1 aromatic rings. The Hall–Kier alpha value is -3.09. The lowest BCUT2D eigenvalue weighted by Gasteiger charge is -2.23. The summed E-state index contributed by atoms with van der Waals surface area (Å²) in [6.07, 6.45) is 4.47. The molecule has 0 fully saturated rings. The van der Waals surface area contributed by atoms with E-state index < -0.39 is 29.7 Å². The van der Waals surface area contributed by atoms with Crippen molar-refractivity contribution in [1.82, 2.24) is 15.5 Å². The van der Waals surface area contributed by atoms with Crippen molar-refractivity contribution in [3.8, 4) is 0 Å². The summed E-state index contributed by atoms with van der Waals surface area (Å²) >= 11 is 0. The van der Waals surface area contributed by atoms with E-state index in [-0.39, 0.29) is 5.91 Å². The van der Waals surface area contributed by atoms with Crippen LogP contribution >= 0.6 is 0 Å². The van der Waals surface area contributed by atoms with E-state index >= 15 is 0 Å². The molecule has 1 aliphatic heterocycles. The van der Waals surface area contributed by atoms with Crippen molar-refractivity contribution in [3.05, 3.63) is 54.2 Å². The van der Waals surface area contributed by atoms with Crippen LogP contribution in [0.15, 0.2) is 48.7 Å². The molecule has 28 heavy (non-hydrogen) atoms. The van der Waals surface area contributed by atoms with E-state index in [0.29, 0.717) is 0 Å². The van der Waals surface area contributed by atoms with Gasteiger partial charge in [0, 0.05) is 13.2 Å². The summed E-state index contributed by atoms with van der Waals surface area (Å²) in [4.78, 5) is 38.3. The SMILES string of the molecule is C[C@H](NC(=O)OC(C)(C)C)C(=O)NC1C=CC(c2ccccc2)=CN(C)C1=O. The van der Waals surface area contributed by atoms with Gasteiger partial charge in [-0.05, 0) is 38.8 Å². The van der Waals surface area contributed by atoms with Crippen LogP contribution in [0.25, 0.3) is 5.57 Å². The van der Waals surface area contributed by atoms with Gasteiger partial charge in [-0.3, -0.25) is 9.59 Å². The van der Waals surface area contributed by atoms with Crippen molar-refractivity contribution < 1.29 is 19.1 Å². The van der Waals surface area contributed by atoms with Crippen LogP contribution in [0.2, 0.25) is 0 Å². The van der Waals surface area contributed by atoms with Gasteiger partial charge in [0.2, 0.25) is 5.91 Å². The van der Waals surface area contributed by atoms with Crippen LogP contribution in [0.5, 0.6) is 0 Å². The molecule has 150 valence electrons. The fourth-order valence-electron chi connectivity index (χ4n) is 2.56. The number of carbonyl (C=O) groups is 3. The van der Waals surface area contributed by atoms with Crippen LogP contribution in [-0.2, 0) is 14.3 Å². The van der Waals surface area contributed by atoms with Crippen LogP contribution in [0, 0.1) is 0 Å². The maximum Gasteiger partial charge on any atom is 0.408 e. The zero-order valence-electron chi connectivity index (χ0n) is 16.9. The number of carbonyl (C=O) groups excluding carboxylic acids is 3. The first-order chi connectivity index (χ1) is 13.1. The van der Waals surface area contributed by atoms with Gasteiger partial charge < -0.3 is 20.3 Å². The molecule has 0 radical (unpaired) electrons. The molecule has 0 saturated carbocycles. The number of nitrogens with one attached hydrogen (secondary N) is 2.